The molecule has 5 heteroatoms. The Morgan fingerprint density at radius 2 is 1.66 bits per heavy atom. The van der Waals surface area contributed by atoms with E-state index in [-0.39, 0.29) is 5.78 Å². The Morgan fingerprint density at radius 1 is 1.03 bits per heavy atom. The first-order valence-corrected chi connectivity index (χ1v) is 9.86. The number of nitrogens with zero attached hydrogens (tertiary/aromatic N) is 1. The molecule has 3 aromatic rings. The van der Waals surface area contributed by atoms with Crippen molar-refractivity contribution in [1.29, 1.82) is 0 Å². The van der Waals surface area contributed by atoms with E-state index in [0.29, 0.717) is 29.1 Å². The number of ketones is 1. The van der Waals surface area contributed by atoms with Crippen LogP contribution >= 0.6 is 0 Å². The molecule has 0 aliphatic rings. The van der Waals surface area contributed by atoms with Crippen molar-refractivity contribution in [2.45, 2.75) is 40.2 Å². The molecule has 150 valence electrons. The van der Waals surface area contributed by atoms with Gasteiger partial charge in [-0.2, -0.15) is 4.57 Å². The topological polar surface area (TPSA) is 63.0 Å². The van der Waals surface area contributed by atoms with Crippen LogP contribution in [-0.2, 0) is 11.2 Å². The lowest BCUT2D eigenvalue weighted by Crippen LogP contribution is -2.42. The van der Waals surface area contributed by atoms with Gasteiger partial charge in [-0.15, -0.1) is 0 Å². The van der Waals surface area contributed by atoms with Gasteiger partial charge < -0.3 is 9.72 Å². The highest BCUT2D eigenvalue weighted by molar-refractivity contribution is 6.02. The van der Waals surface area contributed by atoms with E-state index in [1.807, 2.05) is 54.2 Å². The van der Waals surface area contributed by atoms with Crippen molar-refractivity contribution in [2.24, 2.45) is 0 Å². The molecule has 0 fully saturated rings. The molecule has 2 heterocycles. The van der Waals surface area contributed by atoms with Gasteiger partial charge in [0.25, 0.3) is 0 Å². The summed E-state index contributed by atoms with van der Waals surface area (Å²) in [5.41, 5.74) is 4.63. The Labute approximate surface area is 171 Å². The number of aryl methyl sites for hydroxylation is 1. The van der Waals surface area contributed by atoms with E-state index in [0.717, 1.165) is 6.42 Å². The quantitative estimate of drug-likeness (QED) is 0.374. The third-order valence-corrected chi connectivity index (χ3v) is 5.16. The summed E-state index contributed by atoms with van der Waals surface area (Å²) in [5.74, 6) is -0.467. The smallest absolute Gasteiger partial charge is 0.340 e. The van der Waals surface area contributed by atoms with Crippen LogP contribution < -0.4 is 4.57 Å². The minimum Gasteiger partial charge on any atom is -0.462 e. The average molecular weight is 391 g/mol. The maximum Gasteiger partial charge on any atom is 0.340 e. The Hall–Kier alpha value is -3.21. The molecular formula is C24H27N2O3+. The van der Waals surface area contributed by atoms with Crippen molar-refractivity contribution < 1.29 is 18.9 Å². The largest absolute Gasteiger partial charge is 0.462 e. The van der Waals surface area contributed by atoms with Gasteiger partial charge in [0, 0.05) is 24.8 Å². The summed E-state index contributed by atoms with van der Waals surface area (Å²) in [4.78, 5) is 28.4. The molecule has 0 aliphatic heterocycles. The average Bonchev–Trinajstić information content (AvgIpc) is 3.02. The summed E-state index contributed by atoms with van der Waals surface area (Å²) >= 11 is 0. The predicted octanol–water partition coefficient (Wildman–Crippen LogP) is 4.13. The summed E-state index contributed by atoms with van der Waals surface area (Å²) in [6.45, 7) is 7.49. The monoisotopic (exact) mass is 391 g/mol. The van der Waals surface area contributed by atoms with Gasteiger partial charge in [-0.3, -0.25) is 4.79 Å². The lowest BCUT2D eigenvalue weighted by Gasteiger charge is -2.08. The molecular weight excluding hydrogens is 364 g/mol. The van der Waals surface area contributed by atoms with Gasteiger partial charge in [0.15, 0.2) is 12.4 Å². The number of hydrogen-bond donors (Lipinski definition) is 1. The Bertz CT molecular complexity index is 1000. The minimum absolute atomic E-state index is 0.0676. The van der Waals surface area contributed by atoms with Crippen molar-refractivity contribution in [1.82, 2.24) is 4.98 Å². The highest BCUT2D eigenvalue weighted by Crippen LogP contribution is 2.22. The molecule has 0 amide bonds. The first-order valence-electron chi connectivity index (χ1n) is 9.86. The molecule has 1 atom stereocenters. The maximum atomic E-state index is 13.1. The van der Waals surface area contributed by atoms with Crippen LogP contribution in [0.15, 0.2) is 54.9 Å². The summed E-state index contributed by atoms with van der Waals surface area (Å²) in [7, 11) is 0. The van der Waals surface area contributed by atoms with E-state index in [2.05, 4.69) is 17.1 Å². The number of ether oxygens (including phenoxy) is 1. The van der Waals surface area contributed by atoms with E-state index in [1.54, 1.807) is 20.8 Å². The Kier molecular flexibility index (Phi) is 6.27. The van der Waals surface area contributed by atoms with Crippen LogP contribution in [0.1, 0.15) is 63.1 Å². The summed E-state index contributed by atoms with van der Waals surface area (Å²) < 4.78 is 7.00. The highest BCUT2D eigenvalue weighted by atomic mass is 16.5. The minimum atomic E-state index is -0.400. The number of benzene rings is 1. The van der Waals surface area contributed by atoms with Crippen molar-refractivity contribution in [2.75, 3.05) is 6.61 Å². The number of nitrogens with one attached hydrogen (secondary N) is 1. The second-order valence-electron chi connectivity index (χ2n) is 7.20. The van der Waals surface area contributed by atoms with Crippen LogP contribution in [0.5, 0.6) is 0 Å². The van der Waals surface area contributed by atoms with Crippen molar-refractivity contribution >= 4 is 11.8 Å². The Balaban J connectivity index is 1.78. The zero-order valence-corrected chi connectivity index (χ0v) is 17.4. The van der Waals surface area contributed by atoms with Crippen LogP contribution in [0.4, 0.5) is 0 Å². The summed E-state index contributed by atoms with van der Waals surface area (Å²) in [6.07, 6.45) is 4.71. The first-order chi connectivity index (χ1) is 13.9. The second kappa shape index (κ2) is 8.86. The first kappa shape index (κ1) is 20.5. The predicted molar refractivity (Wildman–Crippen MR) is 111 cm³/mol. The molecule has 0 saturated heterocycles. The van der Waals surface area contributed by atoms with Gasteiger partial charge in [0.05, 0.1) is 17.9 Å². The zero-order chi connectivity index (χ0) is 21.0. The molecule has 1 aromatic carbocycles. The highest BCUT2D eigenvalue weighted by Gasteiger charge is 2.29. The van der Waals surface area contributed by atoms with Gasteiger partial charge in [-0.1, -0.05) is 30.3 Å². The lowest BCUT2D eigenvalue weighted by molar-refractivity contribution is -0.704. The van der Waals surface area contributed by atoms with E-state index in [1.165, 1.54) is 11.1 Å². The van der Waals surface area contributed by atoms with Gasteiger partial charge >= 0.3 is 5.97 Å². The zero-order valence-electron chi connectivity index (χ0n) is 17.4. The molecule has 0 unspecified atom stereocenters. The molecule has 1 N–H and O–H groups in total. The van der Waals surface area contributed by atoms with Crippen molar-refractivity contribution in [3.63, 3.8) is 0 Å². The number of pyridine rings is 1. The number of aromatic nitrogens is 2. The van der Waals surface area contributed by atoms with Crippen LogP contribution in [0.25, 0.3) is 0 Å². The van der Waals surface area contributed by atoms with Crippen LogP contribution in [0.2, 0.25) is 0 Å². The molecule has 0 aliphatic carbocycles. The van der Waals surface area contributed by atoms with Crippen LogP contribution in [0.3, 0.4) is 0 Å². The van der Waals surface area contributed by atoms with Crippen molar-refractivity contribution in [3.8, 4) is 0 Å². The molecule has 0 saturated carbocycles. The van der Waals surface area contributed by atoms with Gasteiger partial charge in [-0.25, -0.2) is 4.79 Å². The second-order valence-corrected chi connectivity index (χ2v) is 7.20. The third kappa shape index (κ3) is 4.45. The fourth-order valence-electron chi connectivity index (χ4n) is 3.53. The molecule has 0 bridgehead atoms. The van der Waals surface area contributed by atoms with E-state index < -0.39 is 12.0 Å². The van der Waals surface area contributed by atoms with Crippen LogP contribution in [-0.4, -0.2) is 23.3 Å². The van der Waals surface area contributed by atoms with E-state index in [4.69, 9.17) is 4.74 Å². The number of H-pyrrole nitrogens is 1. The van der Waals surface area contributed by atoms with E-state index >= 15 is 0 Å². The summed E-state index contributed by atoms with van der Waals surface area (Å²) in [5, 5.41) is 0. The lowest BCUT2D eigenvalue weighted by atomic mass is 10.0. The fourth-order valence-corrected chi connectivity index (χ4v) is 3.53. The number of hydrogen-bond acceptors (Lipinski definition) is 3. The normalized spacial score (nSPS) is 11.9. The van der Waals surface area contributed by atoms with Gasteiger partial charge in [0.2, 0.25) is 11.8 Å². The molecule has 5 nitrogen and oxygen atoms in total. The van der Waals surface area contributed by atoms with Crippen molar-refractivity contribution in [3.05, 3.63) is 88.5 Å². The number of carbonyl (C=O) groups is 2. The SMILES string of the molecule is CCOC(=O)c1c(C)[nH]c(C(=O)[C@@H](C)[n+]2ccc(Cc3ccccc3)cc2)c1C. The molecule has 29 heavy (non-hydrogen) atoms. The number of esters is 1. The third-order valence-electron chi connectivity index (χ3n) is 5.16. The Morgan fingerprint density at radius 3 is 2.28 bits per heavy atom. The number of Topliss-reactive ketones (excluding diaryl/α,β-unsaturated/α-hetero) is 1. The molecule has 0 spiro atoms. The standard InChI is InChI=1S/C24H26N2O3/c1-5-29-24(28)21-16(2)22(25-17(21)3)23(27)18(4)26-13-11-20(12-14-26)15-19-9-7-6-8-10-19/h6-14,18H,5,15H2,1-4H3/p+1/t18-/m1/s1. The molecule has 3 rings (SSSR count). The number of carbonyl (C=O) groups excluding carboxylic acids is 2. The fraction of sp³-hybridized carbons (Fsp3) is 0.292. The maximum absolute atomic E-state index is 13.1. The molecule has 0 radical (unpaired) electrons. The van der Waals surface area contributed by atoms with E-state index in [9.17, 15) is 9.59 Å². The van der Waals surface area contributed by atoms with Gasteiger partial charge in [0.1, 0.15) is 0 Å². The molecule has 2 aromatic heterocycles. The number of rotatable bonds is 7. The number of aromatic amines is 1. The van der Waals surface area contributed by atoms with Crippen LogP contribution in [0, 0.1) is 13.8 Å². The van der Waals surface area contributed by atoms with Gasteiger partial charge in [-0.05, 0) is 43.9 Å². The summed E-state index contributed by atoms with van der Waals surface area (Å²) in [6, 6.07) is 14.0.